The van der Waals surface area contributed by atoms with Gasteiger partial charge in [0.05, 0.1) is 4.92 Å². The van der Waals surface area contributed by atoms with Gasteiger partial charge in [0.2, 0.25) is 5.91 Å². The minimum atomic E-state index is -0.536. The molecule has 2 amide bonds. The Morgan fingerprint density at radius 2 is 1.90 bits per heavy atom. The number of benzene rings is 1. The van der Waals surface area contributed by atoms with Gasteiger partial charge in [-0.15, -0.1) is 6.58 Å². The van der Waals surface area contributed by atoms with E-state index in [0.29, 0.717) is 12.1 Å². The molecule has 0 fully saturated rings. The molecular formula is C13H15N3O4. The molecule has 0 unspecified atom stereocenters. The van der Waals surface area contributed by atoms with Gasteiger partial charge in [0.15, 0.2) is 0 Å². The number of carbonyl (C=O) groups excluding carboxylic acids is 2. The molecular weight excluding hydrogens is 262 g/mol. The van der Waals surface area contributed by atoms with Crippen molar-refractivity contribution in [3.8, 4) is 0 Å². The van der Waals surface area contributed by atoms with Crippen LogP contribution >= 0.6 is 0 Å². The van der Waals surface area contributed by atoms with Crippen LogP contribution in [0.1, 0.15) is 16.8 Å². The third-order valence-corrected chi connectivity index (χ3v) is 2.42. The number of amides is 2. The fraction of sp³-hybridized carbons (Fsp3) is 0.231. The number of nitro benzene ring substituents is 1. The molecule has 0 saturated carbocycles. The number of carbonyl (C=O) groups is 2. The molecule has 0 saturated heterocycles. The first kappa shape index (κ1) is 15.4. The number of non-ortho nitro benzene ring substituents is 1. The van der Waals surface area contributed by atoms with E-state index in [9.17, 15) is 19.7 Å². The van der Waals surface area contributed by atoms with Gasteiger partial charge in [0.25, 0.3) is 11.6 Å². The van der Waals surface area contributed by atoms with Crippen molar-refractivity contribution in [2.45, 2.75) is 6.42 Å². The van der Waals surface area contributed by atoms with E-state index in [1.807, 2.05) is 0 Å². The van der Waals surface area contributed by atoms with Gasteiger partial charge in [-0.05, 0) is 12.1 Å². The fourth-order valence-electron chi connectivity index (χ4n) is 1.40. The van der Waals surface area contributed by atoms with Crippen LogP contribution in [0.15, 0.2) is 36.9 Å². The molecule has 0 heterocycles. The van der Waals surface area contributed by atoms with Crippen molar-refractivity contribution in [3.63, 3.8) is 0 Å². The van der Waals surface area contributed by atoms with E-state index in [2.05, 4.69) is 17.2 Å². The summed E-state index contributed by atoms with van der Waals surface area (Å²) in [6.45, 7) is 4.05. The van der Waals surface area contributed by atoms with Gasteiger partial charge in [-0.2, -0.15) is 0 Å². The van der Waals surface area contributed by atoms with E-state index < -0.39 is 4.92 Å². The summed E-state index contributed by atoms with van der Waals surface area (Å²) in [5.41, 5.74) is 0.229. The van der Waals surface area contributed by atoms with E-state index in [1.165, 1.54) is 24.3 Å². The molecule has 0 aliphatic rings. The SMILES string of the molecule is C=CCNC(=O)CCNC(=O)c1ccc([N+](=O)[O-])cc1. The monoisotopic (exact) mass is 277 g/mol. The Kier molecular flexibility index (Phi) is 5.89. The molecule has 106 valence electrons. The summed E-state index contributed by atoms with van der Waals surface area (Å²) >= 11 is 0. The second kappa shape index (κ2) is 7.67. The summed E-state index contributed by atoms with van der Waals surface area (Å²) in [5, 5.41) is 15.6. The van der Waals surface area contributed by atoms with E-state index >= 15 is 0 Å². The highest BCUT2D eigenvalue weighted by Gasteiger charge is 2.09. The Bertz CT molecular complexity index is 511. The Morgan fingerprint density at radius 3 is 2.45 bits per heavy atom. The Hall–Kier alpha value is -2.70. The number of rotatable bonds is 7. The number of hydrogen-bond acceptors (Lipinski definition) is 4. The molecule has 1 aromatic carbocycles. The number of nitrogens with one attached hydrogen (secondary N) is 2. The van der Waals surface area contributed by atoms with Gasteiger partial charge < -0.3 is 10.6 Å². The Labute approximate surface area is 115 Å². The summed E-state index contributed by atoms with van der Waals surface area (Å²) in [6.07, 6.45) is 1.72. The lowest BCUT2D eigenvalue weighted by molar-refractivity contribution is -0.384. The zero-order valence-electron chi connectivity index (χ0n) is 10.8. The topological polar surface area (TPSA) is 101 Å². The lowest BCUT2D eigenvalue weighted by Crippen LogP contribution is -2.30. The van der Waals surface area contributed by atoms with Crippen molar-refractivity contribution in [2.24, 2.45) is 0 Å². The van der Waals surface area contributed by atoms with Crippen molar-refractivity contribution in [3.05, 3.63) is 52.6 Å². The van der Waals surface area contributed by atoms with Crippen molar-refractivity contribution in [1.29, 1.82) is 0 Å². The highest BCUT2D eigenvalue weighted by molar-refractivity contribution is 5.94. The molecule has 0 atom stereocenters. The van der Waals surface area contributed by atoms with Crippen LogP contribution in [0.2, 0.25) is 0 Å². The third kappa shape index (κ3) is 4.89. The quantitative estimate of drug-likeness (QED) is 0.441. The summed E-state index contributed by atoms with van der Waals surface area (Å²) in [4.78, 5) is 32.9. The van der Waals surface area contributed by atoms with Crippen LogP contribution < -0.4 is 10.6 Å². The molecule has 2 N–H and O–H groups in total. The van der Waals surface area contributed by atoms with Gasteiger partial charge in [-0.1, -0.05) is 6.08 Å². The van der Waals surface area contributed by atoms with Gasteiger partial charge in [-0.25, -0.2) is 0 Å². The average Bonchev–Trinajstić information content (AvgIpc) is 2.45. The molecule has 0 spiro atoms. The molecule has 1 aromatic rings. The van der Waals surface area contributed by atoms with Crippen LogP contribution in [0, 0.1) is 10.1 Å². The van der Waals surface area contributed by atoms with Crippen LogP contribution in [0.5, 0.6) is 0 Å². The second-order valence-electron chi connectivity index (χ2n) is 3.90. The normalized spacial score (nSPS) is 9.60. The zero-order chi connectivity index (χ0) is 15.0. The number of nitrogens with zero attached hydrogens (tertiary/aromatic N) is 1. The molecule has 0 radical (unpaired) electrons. The van der Waals surface area contributed by atoms with Gasteiger partial charge in [0.1, 0.15) is 0 Å². The van der Waals surface area contributed by atoms with Crippen molar-refractivity contribution in [2.75, 3.05) is 13.1 Å². The molecule has 7 nitrogen and oxygen atoms in total. The first-order chi connectivity index (χ1) is 9.54. The number of nitro groups is 1. The zero-order valence-corrected chi connectivity index (χ0v) is 10.8. The maximum atomic E-state index is 11.7. The summed E-state index contributed by atoms with van der Waals surface area (Å²) < 4.78 is 0. The first-order valence-electron chi connectivity index (χ1n) is 5.95. The van der Waals surface area contributed by atoms with Crippen molar-refractivity contribution in [1.82, 2.24) is 10.6 Å². The van der Waals surface area contributed by atoms with Crippen LogP contribution in [-0.2, 0) is 4.79 Å². The van der Waals surface area contributed by atoms with Crippen LogP contribution in [0.3, 0.4) is 0 Å². The molecule has 1 rings (SSSR count). The van der Waals surface area contributed by atoms with Crippen molar-refractivity contribution >= 4 is 17.5 Å². The molecule has 20 heavy (non-hydrogen) atoms. The molecule has 0 aliphatic carbocycles. The largest absolute Gasteiger partial charge is 0.353 e. The highest BCUT2D eigenvalue weighted by atomic mass is 16.6. The Balaban J connectivity index is 2.41. The third-order valence-electron chi connectivity index (χ3n) is 2.42. The van der Waals surface area contributed by atoms with Gasteiger partial charge in [0, 0.05) is 37.2 Å². The van der Waals surface area contributed by atoms with E-state index in [0.717, 1.165) is 0 Å². The molecule has 0 aliphatic heterocycles. The maximum absolute atomic E-state index is 11.7. The standard InChI is InChI=1S/C13H15N3O4/c1-2-8-14-12(17)7-9-15-13(18)10-3-5-11(6-4-10)16(19)20/h2-6H,1,7-9H2,(H,14,17)(H,15,18). The van der Waals surface area contributed by atoms with Crippen LogP contribution in [-0.4, -0.2) is 29.8 Å². The summed E-state index contributed by atoms with van der Waals surface area (Å²) in [7, 11) is 0. The van der Waals surface area contributed by atoms with Gasteiger partial charge >= 0.3 is 0 Å². The summed E-state index contributed by atoms with van der Waals surface area (Å²) in [6, 6.07) is 5.24. The van der Waals surface area contributed by atoms with Crippen molar-refractivity contribution < 1.29 is 14.5 Å². The summed E-state index contributed by atoms with van der Waals surface area (Å²) in [5.74, 6) is -0.565. The highest BCUT2D eigenvalue weighted by Crippen LogP contribution is 2.11. The average molecular weight is 277 g/mol. The lowest BCUT2D eigenvalue weighted by atomic mass is 10.2. The molecule has 7 heteroatoms. The van der Waals surface area contributed by atoms with Crippen LogP contribution in [0.4, 0.5) is 5.69 Å². The Morgan fingerprint density at radius 1 is 1.25 bits per heavy atom. The molecule has 0 aromatic heterocycles. The minimum Gasteiger partial charge on any atom is -0.353 e. The van der Waals surface area contributed by atoms with E-state index in [4.69, 9.17) is 0 Å². The second-order valence-corrected chi connectivity index (χ2v) is 3.90. The van der Waals surface area contributed by atoms with Crippen LogP contribution in [0.25, 0.3) is 0 Å². The van der Waals surface area contributed by atoms with E-state index in [1.54, 1.807) is 6.08 Å². The maximum Gasteiger partial charge on any atom is 0.269 e. The minimum absolute atomic E-state index is 0.0784. The van der Waals surface area contributed by atoms with E-state index in [-0.39, 0.29) is 30.5 Å². The van der Waals surface area contributed by atoms with Gasteiger partial charge in [-0.3, -0.25) is 19.7 Å². The predicted octanol–water partition coefficient (Wildman–Crippen LogP) is 1.02. The predicted molar refractivity (Wildman–Crippen MR) is 73.3 cm³/mol. The number of hydrogen-bond donors (Lipinski definition) is 2. The molecule has 0 bridgehead atoms. The fourth-order valence-corrected chi connectivity index (χ4v) is 1.40. The lowest BCUT2D eigenvalue weighted by Gasteiger charge is -2.05. The smallest absolute Gasteiger partial charge is 0.269 e. The first-order valence-corrected chi connectivity index (χ1v) is 5.95.